The van der Waals surface area contributed by atoms with Crippen LogP contribution in [0.4, 0.5) is 35.1 Å². The normalized spacial score (nSPS) is 17.8. The van der Waals surface area contributed by atoms with E-state index in [0.29, 0.717) is 0 Å². The molecule has 128 valence electrons. The smallest absolute Gasteiger partial charge is 0.746 e. The minimum absolute atomic E-state index is 0. The Morgan fingerprint density at radius 2 is 1.50 bits per heavy atom. The van der Waals surface area contributed by atoms with Gasteiger partial charge < -0.3 is 4.55 Å². The van der Waals surface area contributed by atoms with Crippen molar-refractivity contribution >= 4 is 10.1 Å². The summed E-state index contributed by atoms with van der Waals surface area (Å²) in [6.45, 7) is 0.790. The SMILES string of the molecule is CCC(OC(F)(F)C(F)(F)C(F)C(F)C(F)F)S(=O)(=O)[O-].[Na+]. The van der Waals surface area contributed by atoms with Gasteiger partial charge in [-0.15, -0.1) is 0 Å². The summed E-state index contributed by atoms with van der Waals surface area (Å²) in [7, 11) is -5.62. The van der Waals surface area contributed by atoms with E-state index < -0.39 is 52.8 Å². The van der Waals surface area contributed by atoms with Crippen LogP contribution in [0.25, 0.3) is 0 Å². The Labute approximate surface area is 142 Å². The molecule has 0 saturated carbocycles. The summed E-state index contributed by atoms with van der Waals surface area (Å²) in [5.74, 6) is -6.12. The maximum Gasteiger partial charge on any atom is 1.00 e. The number of hydrogen-bond donors (Lipinski definition) is 0. The number of ether oxygens (including phenoxy) is 1. The predicted molar refractivity (Wildman–Crippen MR) is 50.6 cm³/mol. The predicted octanol–water partition coefficient (Wildman–Crippen LogP) is -0.542. The molecule has 0 spiro atoms. The van der Waals surface area contributed by atoms with Crippen molar-refractivity contribution in [3.05, 3.63) is 0 Å². The zero-order chi connectivity index (χ0) is 17.2. The van der Waals surface area contributed by atoms with Crippen LogP contribution in [0, 0.1) is 0 Å². The third-order valence-corrected chi connectivity index (χ3v) is 3.26. The molecule has 0 heterocycles. The van der Waals surface area contributed by atoms with Crippen LogP contribution < -0.4 is 29.6 Å². The van der Waals surface area contributed by atoms with E-state index in [9.17, 15) is 48.1 Å². The molecular formula is C8H9F8NaO4S. The van der Waals surface area contributed by atoms with Gasteiger partial charge in [0, 0.05) is 0 Å². The first-order valence-electron chi connectivity index (χ1n) is 5.13. The van der Waals surface area contributed by atoms with Crippen molar-refractivity contribution in [1.82, 2.24) is 0 Å². The number of hydrogen-bond acceptors (Lipinski definition) is 4. The number of halogens is 8. The largest absolute Gasteiger partial charge is 1.00 e. The Morgan fingerprint density at radius 1 is 1.09 bits per heavy atom. The van der Waals surface area contributed by atoms with E-state index in [1.165, 1.54) is 0 Å². The zero-order valence-electron chi connectivity index (χ0n) is 11.1. The Hall–Kier alpha value is 0.310. The minimum atomic E-state index is -6.12. The van der Waals surface area contributed by atoms with Crippen LogP contribution in [0.3, 0.4) is 0 Å². The van der Waals surface area contributed by atoms with Gasteiger partial charge in [0.1, 0.15) is 10.1 Å². The summed E-state index contributed by atoms with van der Waals surface area (Å²) in [5.41, 5.74) is -2.99. The van der Waals surface area contributed by atoms with Crippen LogP contribution in [0.5, 0.6) is 0 Å². The van der Waals surface area contributed by atoms with Crippen LogP contribution in [-0.2, 0) is 14.9 Å². The molecule has 0 aromatic rings. The average Bonchev–Trinajstić information content (AvgIpc) is 2.32. The average molecular weight is 376 g/mol. The summed E-state index contributed by atoms with van der Waals surface area (Å²) < 4.78 is 135. The molecule has 0 aromatic carbocycles. The maximum absolute atomic E-state index is 13.0. The van der Waals surface area contributed by atoms with Gasteiger partial charge in [0.15, 0.2) is 11.6 Å². The third kappa shape index (κ3) is 5.74. The molecule has 0 rings (SSSR count). The Balaban J connectivity index is 0. The van der Waals surface area contributed by atoms with Gasteiger partial charge in [-0.1, -0.05) is 6.92 Å². The monoisotopic (exact) mass is 376 g/mol. The molecule has 0 aliphatic carbocycles. The molecule has 0 N–H and O–H groups in total. The summed E-state index contributed by atoms with van der Waals surface area (Å²) >= 11 is 0. The number of alkyl halides is 8. The second-order valence-electron chi connectivity index (χ2n) is 3.77. The van der Waals surface area contributed by atoms with Crippen molar-refractivity contribution in [3.8, 4) is 0 Å². The van der Waals surface area contributed by atoms with E-state index in [-0.39, 0.29) is 29.6 Å². The molecule has 4 nitrogen and oxygen atoms in total. The number of rotatable bonds is 8. The molecule has 0 radical (unpaired) electrons. The minimum Gasteiger partial charge on any atom is -0.746 e. The van der Waals surface area contributed by atoms with E-state index in [0.717, 1.165) is 6.92 Å². The van der Waals surface area contributed by atoms with E-state index >= 15 is 0 Å². The van der Waals surface area contributed by atoms with Gasteiger partial charge in [-0.05, 0) is 6.42 Å². The molecule has 22 heavy (non-hydrogen) atoms. The second-order valence-corrected chi connectivity index (χ2v) is 5.28. The fraction of sp³-hybridized carbons (Fsp3) is 1.00. The second kappa shape index (κ2) is 8.42. The van der Waals surface area contributed by atoms with E-state index in [4.69, 9.17) is 0 Å². The Kier molecular flexibility index (Phi) is 9.40. The Bertz CT molecular complexity index is 445. The zero-order valence-corrected chi connectivity index (χ0v) is 13.9. The van der Waals surface area contributed by atoms with Crippen LogP contribution in [0.2, 0.25) is 0 Å². The maximum atomic E-state index is 13.0. The van der Waals surface area contributed by atoms with Gasteiger partial charge in [-0.3, -0.25) is 4.74 Å². The van der Waals surface area contributed by atoms with Gasteiger partial charge in [0.05, 0.1) is 0 Å². The fourth-order valence-electron chi connectivity index (χ4n) is 1.08. The van der Waals surface area contributed by atoms with Crippen molar-refractivity contribution in [1.29, 1.82) is 0 Å². The summed E-state index contributed by atoms with van der Waals surface area (Å²) in [6.07, 6.45) is -20.3. The van der Waals surface area contributed by atoms with Gasteiger partial charge in [-0.2, -0.15) is 17.6 Å². The first kappa shape index (κ1) is 24.6. The molecule has 0 fully saturated rings. The third-order valence-electron chi connectivity index (χ3n) is 2.19. The van der Waals surface area contributed by atoms with Crippen molar-refractivity contribution in [3.63, 3.8) is 0 Å². The first-order valence-corrected chi connectivity index (χ1v) is 6.60. The first-order chi connectivity index (χ1) is 9.18. The molecule has 0 bridgehead atoms. The van der Waals surface area contributed by atoms with E-state index in [1.807, 2.05) is 0 Å². The molecule has 3 unspecified atom stereocenters. The summed E-state index contributed by atoms with van der Waals surface area (Å²) in [6, 6.07) is 0. The van der Waals surface area contributed by atoms with Gasteiger partial charge in [0.25, 0.3) is 6.43 Å². The van der Waals surface area contributed by atoms with Crippen LogP contribution in [0.1, 0.15) is 13.3 Å². The van der Waals surface area contributed by atoms with Gasteiger partial charge in [-0.25, -0.2) is 26.0 Å². The van der Waals surface area contributed by atoms with Crippen LogP contribution >= 0.6 is 0 Å². The quantitative estimate of drug-likeness (QED) is 0.324. The van der Waals surface area contributed by atoms with Gasteiger partial charge >= 0.3 is 41.6 Å². The van der Waals surface area contributed by atoms with Crippen LogP contribution in [0.15, 0.2) is 0 Å². The fourth-order valence-corrected chi connectivity index (χ4v) is 1.73. The van der Waals surface area contributed by atoms with Gasteiger partial charge in [0.2, 0.25) is 6.17 Å². The van der Waals surface area contributed by atoms with Crippen LogP contribution in [-0.4, -0.2) is 49.2 Å². The molecule has 0 saturated heterocycles. The summed E-state index contributed by atoms with van der Waals surface area (Å²) in [4.78, 5) is 0. The Morgan fingerprint density at radius 3 is 1.77 bits per heavy atom. The van der Waals surface area contributed by atoms with E-state index in [1.54, 1.807) is 0 Å². The molecule has 0 aromatic heterocycles. The molecule has 0 amide bonds. The van der Waals surface area contributed by atoms with Crippen molar-refractivity contribution in [2.75, 3.05) is 0 Å². The van der Waals surface area contributed by atoms with Crippen molar-refractivity contribution < 1.29 is 82.4 Å². The van der Waals surface area contributed by atoms with Crippen molar-refractivity contribution in [2.45, 2.75) is 49.6 Å². The van der Waals surface area contributed by atoms with Crippen molar-refractivity contribution in [2.24, 2.45) is 0 Å². The standard InChI is InChI=1S/C8H10F8O4S.Na/c1-2-3(21(17,18)19)20-8(15,16)7(13,14)5(10)4(9)6(11)12;/h3-6H,2H2,1H3,(H,17,18,19);/q;+1/p-1. The molecule has 0 aliphatic heterocycles. The molecule has 14 heteroatoms. The molecular weight excluding hydrogens is 367 g/mol. The molecule has 3 atom stereocenters. The van der Waals surface area contributed by atoms with E-state index in [2.05, 4.69) is 4.74 Å². The molecule has 0 aliphatic rings. The summed E-state index contributed by atoms with van der Waals surface area (Å²) in [5, 5.41) is 0. The topological polar surface area (TPSA) is 66.4 Å².